The van der Waals surface area contributed by atoms with Crippen molar-refractivity contribution in [2.24, 2.45) is 0 Å². The zero-order valence-electron chi connectivity index (χ0n) is 14.2. The van der Waals surface area contributed by atoms with Gasteiger partial charge in [0.25, 0.3) is 5.91 Å². The van der Waals surface area contributed by atoms with Crippen LogP contribution in [0.2, 0.25) is 0 Å². The van der Waals surface area contributed by atoms with E-state index in [9.17, 15) is 19.2 Å². The van der Waals surface area contributed by atoms with Gasteiger partial charge in [0.15, 0.2) is 6.04 Å². The van der Waals surface area contributed by atoms with Gasteiger partial charge in [0, 0.05) is 7.05 Å². The van der Waals surface area contributed by atoms with Crippen LogP contribution >= 0.6 is 0 Å². The highest BCUT2D eigenvalue weighted by atomic mass is 16.5. The number of hydrogen-bond donors (Lipinski definition) is 1. The van der Waals surface area contributed by atoms with Crippen LogP contribution in [0.5, 0.6) is 0 Å². The van der Waals surface area contributed by atoms with Crippen LogP contribution in [0.3, 0.4) is 0 Å². The fraction of sp³-hybridized carbons (Fsp3) is 0.600. The standard InChI is InChI=1S/C15H22N2O7/c1-5-22-9(18)8-16-11-10(14(20)23-6-2)12(15(21)24-7-3)17(4)13(11)19/h12,16H,5-8H2,1-4H3. The molecular weight excluding hydrogens is 320 g/mol. The van der Waals surface area contributed by atoms with Crippen molar-refractivity contribution in [1.82, 2.24) is 10.2 Å². The molecule has 1 aliphatic heterocycles. The van der Waals surface area contributed by atoms with E-state index >= 15 is 0 Å². The predicted octanol–water partition coefficient (Wildman–Crippen LogP) is -0.640. The van der Waals surface area contributed by atoms with Crippen LogP contribution in [-0.4, -0.2) is 68.2 Å². The predicted molar refractivity (Wildman–Crippen MR) is 81.5 cm³/mol. The number of likely N-dealkylation sites (N-methyl/N-ethyl adjacent to an activating group) is 1. The molecule has 1 rings (SSSR count). The molecule has 0 aliphatic carbocycles. The molecule has 1 amide bonds. The Morgan fingerprint density at radius 1 is 1.04 bits per heavy atom. The summed E-state index contributed by atoms with van der Waals surface area (Å²) in [5.41, 5.74) is -0.339. The first kappa shape index (κ1) is 19.5. The third-order valence-electron chi connectivity index (χ3n) is 3.18. The zero-order chi connectivity index (χ0) is 18.3. The Labute approximate surface area is 139 Å². The third-order valence-corrected chi connectivity index (χ3v) is 3.18. The molecule has 1 unspecified atom stereocenters. The summed E-state index contributed by atoms with van der Waals surface area (Å²) in [6.07, 6.45) is 0. The van der Waals surface area contributed by atoms with Crippen molar-refractivity contribution in [3.63, 3.8) is 0 Å². The van der Waals surface area contributed by atoms with Crippen LogP contribution < -0.4 is 5.32 Å². The molecule has 1 N–H and O–H groups in total. The maximum absolute atomic E-state index is 12.4. The minimum absolute atomic E-state index is 0.0704. The summed E-state index contributed by atoms with van der Waals surface area (Å²) < 4.78 is 14.6. The van der Waals surface area contributed by atoms with Gasteiger partial charge in [0.2, 0.25) is 0 Å². The molecule has 9 nitrogen and oxygen atoms in total. The van der Waals surface area contributed by atoms with Crippen LogP contribution in [0.15, 0.2) is 11.3 Å². The minimum atomic E-state index is -1.22. The Kier molecular flexibility index (Phi) is 7.22. The number of nitrogens with one attached hydrogen (secondary N) is 1. The Balaban J connectivity index is 3.15. The van der Waals surface area contributed by atoms with E-state index in [1.54, 1.807) is 20.8 Å². The van der Waals surface area contributed by atoms with Crippen LogP contribution in [0.25, 0.3) is 0 Å². The quantitative estimate of drug-likeness (QED) is 0.458. The summed E-state index contributed by atoms with van der Waals surface area (Å²) in [6.45, 7) is 4.89. The monoisotopic (exact) mass is 342 g/mol. The molecule has 1 heterocycles. The molecule has 0 radical (unpaired) electrons. The Hall–Kier alpha value is -2.58. The summed E-state index contributed by atoms with van der Waals surface area (Å²) in [6, 6.07) is -1.22. The van der Waals surface area contributed by atoms with Gasteiger partial charge in [-0.3, -0.25) is 9.59 Å². The lowest BCUT2D eigenvalue weighted by Gasteiger charge is -2.20. The van der Waals surface area contributed by atoms with Crippen molar-refractivity contribution < 1.29 is 33.4 Å². The second kappa shape index (κ2) is 8.90. The normalized spacial score (nSPS) is 16.9. The molecule has 1 aliphatic rings. The molecule has 0 saturated carbocycles. The molecule has 1 atom stereocenters. The Morgan fingerprint density at radius 3 is 2.17 bits per heavy atom. The fourth-order valence-electron chi connectivity index (χ4n) is 2.20. The van der Waals surface area contributed by atoms with Gasteiger partial charge in [-0.2, -0.15) is 0 Å². The van der Waals surface area contributed by atoms with Gasteiger partial charge < -0.3 is 24.4 Å². The van der Waals surface area contributed by atoms with Gasteiger partial charge in [-0.1, -0.05) is 0 Å². The van der Waals surface area contributed by atoms with E-state index in [0.29, 0.717) is 0 Å². The molecule has 24 heavy (non-hydrogen) atoms. The first-order valence-electron chi connectivity index (χ1n) is 7.63. The average Bonchev–Trinajstić information content (AvgIpc) is 2.78. The molecule has 9 heteroatoms. The van der Waals surface area contributed by atoms with Gasteiger partial charge in [0.05, 0.1) is 25.4 Å². The summed E-state index contributed by atoms with van der Waals surface area (Å²) >= 11 is 0. The SMILES string of the molecule is CCOC(=O)CNC1=C(C(=O)OCC)C(C(=O)OCC)N(C)C1=O. The summed E-state index contributed by atoms with van der Waals surface area (Å²) in [5, 5.41) is 2.57. The topological polar surface area (TPSA) is 111 Å². The molecule has 134 valence electrons. The van der Waals surface area contributed by atoms with E-state index in [0.717, 1.165) is 4.90 Å². The largest absolute Gasteiger partial charge is 0.465 e. The van der Waals surface area contributed by atoms with E-state index in [-0.39, 0.29) is 37.6 Å². The minimum Gasteiger partial charge on any atom is -0.465 e. The Morgan fingerprint density at radius 2 is 1.62 bits per heavy atom. The molecule has 0 fully saturated rings. The van der Waals surface area contributed by atoms with Crippen molar-refractivity contribution >= 4 is 23.8 Å². The van der Waals surface area contributed by atoms with Crippen molar-refractivity contribution in [3.8, 4) is 0 Å². The molecular formula is C15H22N2O7. The number of carbonyl (C=O) groups excluding carboxylic acids is 4. The number of nitrogens with zero attached hydrogens (tertiary/aromatic N) is 1. The number of esters is 3. The second-order valence-corrected chi connectivity index (χ2v) is 4.74. The van der Waals surface area contributed by atoms with E-state index in [4.69, 9.17) is 14.2 Å². The molecule has 0 spiro atoms. The van der Waals surface area contributed by atoms with Gasteiger partial charge >= 0.3 is 17.9 Å². The molecule has 0 aromatic heterocycles. The van der Waals surface area contributed by atoms with Gasteiger partial charge in [-0.05, 0) is 20.8 Å². The number of carbonyl (C=O) groups is 4. The first-order chi connectivity index (χ1) is 11.4. The smallest absolute Gasteiger partial charge is 0.339 e. The lowest BCUT2D eigenvalue weighted by atomic mass is 10.1. The van der Waals surface area contributed by atoms with Gasteiger partial charge in [-0.25, -0.2) is 9.59 Å². The van der Waals surface area contributed by atoms with E-state index < -0.39 is 29.9 Å². The molecule has 0 saturated heterocycles. The lowest BCUT2D eigenvalue weighted by Crippen LogP contribution is -2.41. The third kappa shape index (κ3) is 4.24. The van der Waals surface area contributed by atoms with Crippen LogP contribution in [0.4, 0.5) is 0 Å². The summed E-state index contributed by atoms with van der Waals surface area (Å²) in [5.74, 6) is -2.77. The number of amides is 1. The van der Waals surface area contributed by atoms with E-state index in [2.05, 4.69) is 5.32 Å². The van der Waals surface area contributed by atoms with E-state index in [1.165, 1.54) is 7.05 Å². The summed E-state index contributed by atoms with van der Waals surface area (Å²) in [7, 11) is 1.36. The molecule has 0 aromatic carbocycles. The van der Waals surface area contributed by atoms with Crippen LogP contribution in [0.1, 0.15) is 20.8 Å². The number of hydrogen-bond acceptors (Lipinski definition) is 8. The average molecular weight is 342 g/mol. The van der Waals surface area contributed by atoms with Gasteiger partial charge in [0.1, 0.15) is 12.2 Å². The molecule has 0 aromatic rings. The molecule has 0 bridgehead atoms. The van der Waals surface area contributed by atoms with Crippen molar-refractivity contribution in [1.29, 1.82) is 0 Å². The zero-order valence-corrected chi connectivity index (χ0v) is 14.2. The van der Waals surface area contributed by atoms with E-state index in [1.807, 2.05) is 0 Å². The maximum Gasteiger partial charge on any atom is 0.339 e. The van der Waals surface area contributed by atoms with Crippen LogP contribution in [-0.2, 0) is 33.4 Å². The summed E-state index contributed by atoms with van der Waals surface area (Å²) in [4.78, 5) is 49.2. The van der Waals surface area contributed by atoms with Crippen molar-refractivity contribution in [2.75, 3.05) is 33.4 Å². The second-order valence-electron chi connectivity index (χ2n) is 4.74. The van der Waals surface area contributed by atoms with Crippen molar-refractivity contribution in [2.45, 2.75) is 26.8 Å². The first-order valence-corrected chi connectivity index (χ1v) is 7.63. The number of rotatable bonds is 8. The Bertz CT molecular complexity index is 556. The fourth-order valence-corrected chi connectivity index (χ4v) is 2.20. The number of ether oxygens (including phenoxy) is 3. The highest BCUT2D eigenvalue weighted by Crippen LogP contribution is 2.25. The van der Waals surface area contributed by atoms with Gasteiger partial charge in [-0.15, -0.1) is 0 Å². The highest BCUT2D eigenvalue weighted by Gasteiger charge is 2.46. The van der Waals surface area contributed by atoms with Crippen molar-refractivity contribution in [3.05, 3.63) is 11.3 Å². The highest BCUT2D eigenvalue weighted by molar-refractivity contribution is 6.12. The maximum atomic E-state index is 12.4. The lowest BCUT2D eigenvalue weighted by molar-refractivity contribution is -0.152. The van der Waals surface area contributed by atoms with Crippen LogP contribution in [0, 0.1) is 0 Å².